The highest BCUT2D eigenvalue weighted by molar-refractivity contribution is 7.92. The minimum absolute atomic E-state index is 0.212. The van der Waals surface area contributed by atoms with Gasteiger partial charge in [0.05, 0.1) is 16.0 Å². The maximum Gasteiger partial charge on any atom is 0.239 e. The Balaban J connectivity index is 1.73. The van der Waals surface area contributed by atoms with Gasteiger partial charge in [-0.3, -0.25) is 4.79 Å². The Bertz CT molecular complexity index is 1070. The van der Waals surface area contributed by atoms with Gasteiger partial charge < -0.3 is 5.32 Å². The van der Waals surface area contributed by atoms with Crippen LogP contribution in [-0.4, -0.2) is 30.8 Å². The number of sulfone groups is 1. The minimum atomic E-state index is -3.46. The topological polar surface area (TPSA) is 76.1 Å². The number of nitrogens with zero attached hydrogens (tertiary/aromatic N) is 1. The van der Waals surface area contributed by atoms with E-state index in [4.69, 9.17) is 0 Å². The van der Waals surface area contributed by atoms with Crippen LogP contribution in [0.4, 0.5) is 5.69 Å². The maximum atomic E-state index is 11.9. The van der Waals surface area contributed by atoms with E-state index in [0.29, 0.717) is 5.69 Å². The largest absolute Gasteiger partial charge is 0.325 e. The van der Waals surface area contributed by atoms with Gasteiger partial charge in [-0.25, -0.2) is 13.4 Å². The molecule has 134 valence electrons. The summed E-state index contributed by atoms with van der Waals surface area (Å²) in [7, 11) is -3.46. The molecule has 0 aliphatic carbocycles. The van der Waals surface area contributed by atoms with Gasteiger partial charge in [-0.1, -0.05) is 12.1 Å². The first-order chi connectivity index (χ1) is 12.4. The van der Waals surface area contributed by atoms with Crippen molar-refractivity contribution in [2.45, 2.75) is 6.92 Å². The van der Waals surface area contributed by atoms with Gasteiger partial charge in [-0.2, -0.15) is 0 Å². The fourth-order valence-electron chi connectivity index (χ4n) is 2.49. The summed E-state index contributed by atoms with van der Waals surface area (Å²) < 4.78 is 24.4. The number of benzene rings is 2. The van der Waals surface area contributed by atoms with E-state index in [1.165, 1.54) is 11.6 Å². The summed E-state index contributed by atoms with van der Waals surface area (Å²) in [4.78, 5) is 16.5. The predicted octanol–water partition coefficient (Wildman–Crippen LogP) is 3.81. The van der Waals surface area contributed by atoms with E-state index in [0.717, 1.165) is 20.8 Å². The lowest BCUT2D eigenvalue weighted by Crippen LogP contribution is -2.24. The van der Waals surface area contributed by atoms with Crippen LogP contribution in [0.1, 0.15) is 5.56 Å². The molecule has 26 heavy (non-hydrogen) atoms. The number of hydrogen-bond acceptors (Lipinski definition) is 5. The summed E-state index contributed by atoms with van der Waals surface area (Å²) in [5.74, 6) is -1.33. The van der Waals surface area contributed by atoms with Crippen molar-refractivity contribution in [1.29, 1.82) is 0 Å². The molecule has 3 aromatic rings. The molecule has 2 aromatic carbocycles. The van der Waals surface area contributed by atoms with Crippen LogP contribution in [0, 0.1) is 6.92 Å². The number of amides is 1. The highest BCUT2D eigenvalue weighted by atomic mass is 32.2. The van der Waals surface area contributed by atoms with Gasteiger partial charge in [0, 0.05) is 11.3 Å². The van der Waals surface area contributed by atoms with Crippen molar-refractivity contribution in [1.82, 2.24) is 4.98 Å². The van der Waals surface area contributed by atoms with Crippen LogP contribution in [-0.2, 0) is 14.6 Å². The zero-order chi connectivity index (χ0) is 18.7. The second-order valence-electron chi connectivity index (χ2n) is 5.96. The summed E-state index contributed by atoms with van der Waals surface area (Å²) in [6, 6.07) is 13.3. The molecular weight excluding hydrogens is 368 g/mol. The zero-order valence-electron chi connectivity index (χ0n) is 14.2. The van der Waals surface area contributed by atoms with E-state index in [9.17, 15) is 13.2 Å². The number of anilines is 1. The molecule has 1 aromatic heterocycles. The third-order valence-corrected chi connectivity index (χ3v) is 6.20. The van der Waals surface area contributed by atoms with Crippen LogP contribution in [0.3, 0.4) is 0 Å². The van der Waals surface area contributed by atoms with E-state index < -0.39 is 21.5 Å². The van der Waals surface area contributed by atoms with E-state index in [1.807, 2.05) is 31.2 Å². The molecule has 0 aliphatic heterocycles. The Hall–Kier alpha value is -2.51. The Labute approximate surface area is 156 Å². The second-order valence-corrected chi connectivity index (χ2v) is 9.10. The number of aryl methyl sites for hydroxylation is 1. The first kappa shape index (κ1) is 18.3. The average Bonchev–Trinajstić information content (AvgIpc) is 2.97. The lowest BCUT2D eigenvalue weighted by Gasteiger charge is -2.06. The molecule has 0 saturated carbocycles. The average molecular weight is 386 g/mol. The number of aromatic nitrogens is 1. The number of carbonyl (C=O) groups is 1. The molecule has 0 unspecified atom stereocenters. The Morgan fingerprint density at radius 2 is 1.96 bits per heavy atom. The van der Waals surface area contributed by atoms with E-state index in [1.54, 1.807) is 23.5 Å². The summed E-state index contributed by atoms with van der Waals surface area (Å²) in [5.41, 5.74) is 3.64. The van der Waals surface area contributed by atoms with Gasteiger partial charge in [0.25, 0.3) is 0 Å². The fourth-order valence-corrected chi connectivity index (χ4v) is 4.50. The Morgan fingerprint density at radius 3 is 2.65 bits per heavy atom. The lowest BCUT2D eigenvalue weighted by atomic mass is 10.2. The van der Waals surface area contributed by atoms with Crippen molar-refractivity contribution >= 4 is 43.0 Å². The van der Waals surface area contributed by atoms with Crippen LogP contribution >= 0.6 is 11.3 Å². The quantitative estimate of drug-likeness (QED) is 0.654. The van der Waals surface area contributed by atoms with Crippen molar-refractivity contribution in [3.63, 3.8) is 0 Å². The number of nitrogens with one attached hydrogen (secondary N) is 1. The molecule has 0 bridgehead atoms. The van der Waals surface area contributed by atoms with E-state index in [2.05, 4.69) is 22.9 Å². The van der Waals surface area contributed by atoms with Crippen LogP contribution in [0.15, 0.2) is 55.1 Å². The Morgan fingerprint density at radius 1 is 1.23 bits per heavy atom. The summed E-state index contributed by atoms with van der Waals surface area (Å²) >= 11 is 1.61. The SMILES string of the molecule is C=CCS(=O)(=O)CC(=O)Nc1ccc(-c2nc3ccc(C)cc3s2)cc1. The molecule has 5 nitrogen and oxygen atoms in total. The normalized spacial score (nSPS) is 11.4. The Kier molecular flexibility index (Phi) is 5.20. The third-order valence-electron chi connectivity index (χ3n) is 3.68. The zero-order valence-corrected chi connectivity index (χ0v) is 15.9. The summed E-state index contributed by atoms with van der Waals surface area (Å²) in [5, 5.41) is 3.50. The molecule has 1 N–H and O–H groups in total. The standard InChI is InChI=1S/C19H18N2O3S2/c1-3-10-26(23,24)12-18(22)20-15-7-5-14(6-8-15)19-21-16-9-4-13(2)11-17(16)25-19/h3-9,11H,1,10,12H2,2H3,(H,20,22). The van der Waals surface area contributed by atoms with Gasteiger partial charge >= 0.3 is 0 Å². The molecule has 0 fully saturated rings. The van der Waals surface area contributed by atoms with Gasteiger partial charge in [-0.05, 0) is 48.9 Å². The number of rotatable bonds is 6. The molecule has 0 atom stereocenters. The molecule has 0 aliphatic rings. The van der Waals surface area contributed by atoms with Gasteiger partial charge in [-0.15, -0.1) is 17.9 Å². The van der Waals surface area contributed by atoms with E-state index in [-0.39, 0.29) is 5.75 Å². The van der Waals surface area contributed by atoms with Crippen molar-refractivity contribution in [3.05, 3.63) is 60.7 Å². The molecule has 0 saturated heterocycles. The van der Waals surface area contributed by atoms with Gasteiger partial charge in [0.15, 0.2) is 9.84 Å². The molecule has 0 spiro atoms. The van der Waals surface area contributed by atoms with Gasteiger partial charge in [0.1, 0.15) is 10.8 Å². The fraction of sp³-hybridized carbons (Fsp3) is 0.158. The molecule has 7 heteroatoms. The molecule has 0 radical (unpaired) electrons. The van der Waals surface area contributed by atoms with Crippen molar-refractivity contribution in [2.75, 3.05) is 16.8 Å². The van der Waals surface area contributed by atoms with Crippen LogP contribution in [0.25, 0.3) is 20.8 Å². The molecule has 1 heterocycles. The predicted molar refractivity (Wildman–Crippen MR) is 107 cm³/mol. The number of carbonyl (C=O) groups excluding carboxylic acids is 1. The van der Waals surface area contributed by atoms with Gasteiger partial charge in [0.2, 0.25) is 5.91 Å². The molecule has 1 amide bonds. The number of fused-ring (bicyclic) bond motifs is 1. The second kappa shape index (κ2) is 7.39. The first-order valence-corrected chi connectivity index (χ1v) is 10.6. The lowest BCUT2D eigenvalue weighted by molar-refractivity contribution is -0.113. The summed E-state index contributed by atoms with van der Waals surface area (Å²) in [6.45, 7) is 5.43. The number of hydrogen-bond donors (Lipinski definition) is 1. The van der Waals surface area contributed by atoms with E-state index >= 15 is 0 Å². The monoisotopic (exact) mass is 386 g/mol. The molecular formula is C19H18N2O3S2. The highest BCUT2D eigenvalue weighted by Crippen LogP contribution is 2.31. The van der Waals surface area contributed by atoms with Crippen molar-refractivity contribution < 1.29 is 13.2 Å². The van der Waals surface area contributed by atoms with Crippen LogP contribution in [0.2, 0.25) is 0 Å². The van der Waals surface area contributed by atoms with Crippen molar-refractivity contribution in [3.8, 4) is 10.6 Å². The summed E-state index contributed by atoms with van der Waals surface area (Å²) in [6.07, 6.45) is 1.27. The van der Waals surface area contributed by atoms with Crippen LogP contribution in [0.5, 0.6) is 0 Å². The smallest absolute Gasteiger partial charge is 0.239 e. The highest BCUT2D eigenvalue weighted by Gasteiger charge is 2.15. The first-order valence-electron chi connectivity index (χ1n) is 7.95. The number of thiazole rings is 1. The minimum Gasteiger partial charge on any atom is -0.325 e. The maximum absolute atomic E-state index is 11.9. The van der Waals surface area contributed by atoms with Crippen LogP contribution < -0.4 is 5.32 Å². The third kappa shape index (κ3) is 4.36. The molecule has 3 rings (SSSR count). The van der Waals surface area contributed by atoms with Crippen molar-refractivity contribution in [2.24, 2.45) is 0 Å².